The number of nitrogens with two attached hydrogens (primary N) is 1. The molecule has 1 aliphatic carbocycles. The molecule has 2 N–H and O–H groups in total. The smallest absolute Gasteiger partial charge is 0.141 e. The minimum Gasteiger partial charge on any atom is -0.328 e. The Morgan fingerprint density at radius 1 is 1.64 bits per heavy atom. The molecule has 1 aromatic heterocycles. The summed E-state index contributed by atoms with van der Waals surface area (Å²) in [6.07, 6.45) is 5.16. The summed E-state index contributed by atoms with van der Waals surface area (Å²) in [5, 5.41) is 0. The standard InChI is InChI=1S/C10H14N2OS/c11-8-2-1-7(3-8)10(13)4-9-5-12-6-14-9/h5-8H,1-4,11H2. The lowest BCUT2D eigenvalue weighted by Gasteiger charge is -2.06. The first-order valence-electron chi connectivity index (χ1n) is 4.91. The number of hydrogen-bond acceptors (Lipinski definition) is 4. The van der Waals surface area contributed by atoms with Crippen LogP contribution in [0.15, 0.2) is 11.7 Å². The second kappa shape index (κ2) is 4.19. The van der Waals surface area contributed by atoms with Gasteiger partial charge in [-0.2, -0.15) is 0 Å². The molecule has 0 aliphatic heterocycles. The minimum atomic E-state index is 0.201. The van der Waals surface area contributed by atoms with Crippen molar-refractivity contribution in [1.29, 1.82) is 0 Å². The van der Waals surface area contributed by atoms with Crippen LogP contribution < -0.4 is 5.73 Å². The largest absolute Gasteiger partial charge is 0.328 e. The Bertz CT molecular complexity index is 310. The van der Waals surface area contributed by atoms with Crippen LogP contribution in [0.25, 0.3) is 0 Å². The Labute approximate surface area is 87.3 Å². The molecule has 0 aromatic carbocycles. The van der Waals surface area contributed by atoms with Gasteiger partial charge in [0.2, 0.25) is 0 Å². The molecule has 2 rings (SSSR count). The molecule has 1 heterocycles. The summed E-state index contributed by atoms with van der Waals surface area (Å²) in [5.41, 5.74) is 7.54. The minimum absolute atomic E-state index is 0.201. The summed E-state index contributed by atoms with van der Waals surface area (Å²) < 4.78 is 0. The van der Waals surface area contributed by atoms with E-state index >= 15 is 0 Å². The highest BCUT2D eigenvalue weighted by molar-refractivity contribution is 7.09. The van der Waals surface area contributed by atoms with Crippen LogP contribution >= 0.6 is 11.3 Å². The van der Waals surface area contributed by atoms with E-state index in [4.69, 9.17) is 5.73 Å². The van der Waals surface area contributed by atoms with Gasteiger partial charge >= 0.3 is 0 Å². The summed E-state index contributed by atoms with van der Waals surface area (Å²) in [5.74, 6) is 0.536. The summed E-state index contributed by atoms with van der Waals surface area (Å²) >= 11 is 1.55. The van der Waals surface area contributed by atoms with Crippen LogP contribution in [-0.4, -0.2) is 16.8 Å². The number of carbonyl (C=O) groups excluding carboxylic acids is 1. The van der Waals surface area contributed by atoms with Crippen molar-refractivity contribution in [1.82, 2.24) is 4.98 Å². The van der Waals surface area contributed by atoms with Gasteiger partial charge in [-0.3, -0.25) is 9.78 Å². The van der Waals surface area contributed by atoms with Crippen molar-refractivity contribution < 1.29 is 4.79 Å². The number of thiazole rings is 1. The third-order valence-corrected chi connectivity index (χ3v) is 3.54. The van der Waals surface area contributed by atoms with Gasteiger partial charge in [0.25, 0.3) is 0 Å². The van der Waals surface area contributed by atoms with Gasteiger partial charge in [0.05, 0.1) is 5.51 Å². The van der Waals surface area contributed by atoms with Crippen molar-refractivity contribution >= 4 is 17.1 Å². The highest BCUT2D eigenvalue weighted by Gasteiger charge is 2.27. The van der Waals surface area contributed by atoms with E-state index < -0.39 is 0 Å². The molecular weight excluding hydrogens is 196 g/mol. The monoisotopic (exact) mass is 210 g/mol. The summed E-state index contributed by atoms with van der Waals surface area (Å²) in [4.78, 5) is 16.8. The summed E-state index contributed by atoms with van der Waals surface area (Å²) in [6.45, 7) is 0. The van der Waals surface area contributed by atoms with E-state index in [-0.39, 0.29) is 12.0 Å². The second-order valence-electron chi connectivity index (χ2n) is 3.88. The molecule has 0 radical (unpaired) electrons. The highest BCUT2D eigenvalue weighted by atomic mass is 32.1. The number of carbonyl (C=O) groups is 1. The van der Waals surface area contributed by atoms with Crippen LogP contribution in [-0.2, 0) is 11.2 Å². The fourth-order valence-corrected chi connectivity index (χ4v) is 2.56. The number of nitrogens with zero attached hydrogens (tertiary/aromatic N) is 1. The first kappa shape index (κ1) is 9.80. The van der Waals surface area contributed by atoms with Gasteiger partial charge in [0, 0.05) is 29.5 Å². The normalized spacial score (nSPS) is 26.6. The number of rotatable bonds is 3. The number of ketones is 1. The maximum absolute atomic E-state index is 11.8. The Morgan fingerprint density at radius 2 is 2.50 bits per heavy atom. The van der Waals surface area contributed by atoms with Crippen LogP contribution in [0.2, 0.25) is 0 Å². The predicted molar refractivity (Wildman–Crippen MR) is 56.1 cm³/mol. The third-order valence-electron chi connectivity index (χ3n) is 2.76. The van der Waals surface area contributed by atoms with Crippen molar-refractivity contribution in [3.8, 4) is 0 Å². The maximum Gasteiger partial charge on any atom is 0.141 e. The van der Waals surface area contributed by atoms with Gasteiger partial charge in [0.15, 0.2) is 0 Å². The Kier molecular flexibility index (Phi) is 2.93. The first-order valence-corrected chi connectivity index (χ1v) is 5.79. The van der Waals surface area contributed by atoms with E-state index in [1.165, 1.54) is 0 Å². The summed E-state index contributed by atoms with van der Waals surface area (Å²) in [7, 11) is 0. The van der Waals surface area contributed by atoms with Gasteiger partial charge in [-0.25, -0.2) is 0 Å². The van der Waals surface area contributed by atoms with Crippen LogP contribution in [0.3, 0.4) is 0 Å². The molecule has 1 saturated carbocycles. The first-order chi connectivity index (χ1) is 6.75. The molecular formula is C10H14N2OS. The molecule has 1 fully saturated rings. The average molecular weight is 210 g/mol. The molecule has 2 atom stereocenters. The number of Topliss-reactive ketones (excluding diaryl/α,β-unsaturated/α-hetero) is 1. The number of hydrogen-bond donors (Lipinski definition) is 1. The number of aromatic nitrogens is 1. The molecule has 2 unspecified atom stereocenters. The lowest BCUT2D eigenvalue weighted by Crippen LogP contribution is -2.18. The molecule has 3 nitrogen and oxygen atoms in total. The predicted octanol–water partition coefficient (Wildman–Crippen LogP) is 1.38. The maximum atomic E-state index is 11.8. The molecule has 1 aliphatic rings. The molecule has 0 amide bonds. The van der Waals surface area contributed by atoms with Crippen molar-refractivity contribution in [2.24, 2.45) is 11.7 Å². The molecule has 0 saturated heterocycles. The summed E-state index contributed by atoms with van der Waals surface area (Å²) in [6, 6.07) is 0.241. The fraction of sp³-hybridized carbons (Fsp3) is 0.600. The van der Waals surface area contributed by atoms with Crippen LogP contribution in [0.1, 0.15) is 24.1 Å². The zero-order valence-electron chi connectivity index (χ0n) is 7.98. The average Bonchev–Trinajstić information content (AvgIpc) is 2.75. The SMILES string of the molecule is NC1CCC(C(=O)Cc2cncs2)C1. The van der Waals surface area contributed by atoms with Gasteiger partial charge in [0.1, 0.15) is 5.78 Å². The van der Waals surface area contributed by atoms with Gasteiger partial charge < -0.3 is 5.73 Å². The highest BCUT2D eigenvalue weighted by Crippen LogP contribution is 2.26. The Morgan fingerprint density at radius 3 is 3.07 bits per heavy atom. The molecule has 0 spiro atoms. The molecule has 1 aromatic rings. The van der Waals surface area contributed by atoms with Crippen LogP contribution in [0.5, 0.6) is 0 Å². The molecule has 76 valence electrons. The van der Waals surface area contributed by atoms with Crippen molar-refractivity contribution in [2.75, 3.05) is 0 Å². The van der Waals surface area contributed by atoms with Crippen molar-refractivity contribution in [3.63, 3.8) is 0 Å². The Hall–Kier alpha value is -0.740. The molecule has 0 bridgehead atoms. The molecule has 4 heteroatoms. The van der Waals surface area contributed by atoms with Gasteiger partial charge in [-0.05, 0) is 19.3 Å². The van der Waals surface area contributed by atoms with Crippen LogP contribution in [0, 0.1) is 5.92 Å². The lowest BCUT2D eigenvalue weighted by molar-refractivity contribution is -0.122. The van der Waals surface area contributed by atoms with E-state index in [1.54, 1.807) is 23.0 Å². The zero-order valence-corrected chi connectivity index (χ0v) is 8.80. The molecule has 14 heavy (non-hydrogen) atoms. The van der Waals surface area contributed by atoms with E-state index in [2.05, 4.69) is 4.98 Å². The van der Waals surface area contributed by atoms with Gasteiger partial charge in [-0.15, -0.1) is 11.3 Å². The van der Waals surface area contributed by atoms with E-state index in [9.17, 15) is 4.79 Å². The van der Waals surface area contributed by atoms with Crippen molar-refractivity contribution in [2.45, 2.75) is 31.7 Å². The van der Waals surface area contributed by atoms with E-state index in [0.29, 0.717) is 12.2 Å². The topological polar surface area (TPSA) is 56.0 Å². The quantitative estimate of drug-likeness (QED) is 0.820. The van der Waals surface area contributed by atoms with Crippen LogP contribution in [0.4, 0.5) is 0 Å². The zero-order chi connectivity index (χ0) is 9.97. The lowest BCUT2D eigenvalue weighted by atomic mass is 9.99. The second-order valence-corrected chi connectivity index (χ2v) is 4.85. The fourth-order valence-electron chi connectivity index (χ4n) is 1.95. The van der Waals surface area contributed by atoms with E-state index in [0.717, 1.165) is 24.1 Å². The van der Waals surface area contributed by atoms with Crippen molar-refractivity contribution in [3.05, 3.63) is 16.6 Å². The third kappa shape index (κ3) is 2.19. The van der Waals surface area contributed by atoms with Gasteiger partial charge in [-0.1, -0.05) is 0 Å². The van der Waals surface area contributed by atoms with E-state index in [1.807, 2.05) is 0 Å². The Balaban J connectivity index is 1.90.